The fourth-order valence-corrected chi connectivity index (χ4v) is 2.96. The second-order valence-corrected chi connectivity index (χ2v) is 6.59. The summed E-state index contributed by atoms with van der Waals surface area (Å²) < 4.78 is 5.35. The highest BCUT2D eigenvalue weighted by atomic mass is 16.5. The summed E-state index contributed by atoms with van der Waals surface area (Å²) in [4.78, 5) is 34.8. The van der Waals surface area contributed by atoms with Gasteiger partial charge < -0.3 is 24.8 Å². The Bertz CT molecular complexity index is 643. The van der Waals surface area contributed by atoms with Crippen LogP contribution in [0.1, 0.15) is 16.1 Å². The number of pyridine rings is 1. The first-order valence-corrected chi connectivity index (χ1v) is 8.58. The molecule has 1 saturated heterocycles. The van der Waals surface area contributed by atoms with Gasteiger partial charge in [0.05, 0.1) is 13.2 Å². The van der Waals surface area contributed by atoms with Gasteiger partial charge in [-0.3, -0.25) is 9.59 Å². The molecular weight excluding hydrogens is 322 g/mol. The van der Waals surface area contributed by atoms with E-state index in [4.69, 9.17) is 4.74 Å². The van der Waals surface area contributed by atoms with Gasteiger partial charge in [0, 0.05) is 38.3 Å². The summed E-state index contributed by atoms with van der Waals surface area (Å²) in [5.74, 6) is 0.483. The number of fused-ring (bicyclic) bond motifs is 1. The lowest BCUT2D eigenvalue weighted by atomic mass is 10.2. The van der Waals surface area contributed by atoms with E-state index in [1.54, 1.807) is 4.90 Å². The van der Waals surface area contributed by atoms with E-state index in [0.29, 0.717) is 32.0 Å². The van der Waals surface area contributed by atoms with Crippen molar-refractivity contribution in [2.75, 3.05) is 64.9 Å². The van der Waals surface area contributed by atoms with E-state index >= 15 is 0 Å². The predicted molar refractivity (Wildman–Crippen MR) is 93.6 cm³/mol. The summed E-state index contributed by atoms with van der Waals surface area (Å²) in [6.07, 6.45) is 0. The van der Waals surface area contributed by atoms with Crippen LogP contribution in [0.4, 0.5) is 5.82 Å². The molecule has 136 valence electrons. The van der Waals surface area contributed by atoms with Gasteiger partial charge in [0.2, 0.25) is 5.91 Å². The minimum absolute atomic E-state index is 0.0650. The zero-order valence-corrected chi connectivity index (χ0v) is 14.8. The zero-order valence-electron chi connectivity index (χ0n) is 14.8. The summed E-state index contributed by atoms with van der Waals surface area (Å²) >= 11 is 0. The van der Waals surface area contributed by atoms with Crippen molar-refractivity contribution in [2.24, 2.45) is 0 Å². The molecule has 3 heterocycles. The van der Waals surface area contributed by atoms with Crippen molar-refractivity contribution in [1.82, 2.24) is 20.1 Å². The van der Waals surface area contributed by atoms with Gasteiger partial charge in [-0.25, -0.2) is 4.98 Å². The number of likely N-dealkylation sites (N-methyl/N-ethyl adjacent to an activating group) is 1. The molecule has 0 bridgehead atoms. The second kappa shape index (κ2) is 7.79. The highest BCUT2D eigenvalue weighted by Gasteiger charge is 2.31. The molecule has 1 N–H and O–H groups in total. The smallest absolute Gasteiger partial charge is 0.273 e. The zero-order chi connectivity index (χ0) is 17.8. The van der Waals surface area contributed by atoms with Gasteiger partial charge in [0.25, 0.3) is 5.91 Å². The first kappa shape index (κ1) is 17.6. The maximum atomic E-state index is 12.6. The van der Waals surface area contributed by atoms with Crippen LogP contribution >= 0.6 is 0 Å². The van der Waals surface area contributed by atoms with Crippen molar-refractivity contribution in [1.29, 1.82) is 0 Å². The van der Waals surface area contributed by atoms with Crippen LogP contribution in [0.15, 0.2) is 12.1 Å². The lowest BCUT2D eigenvalue weighted by Crippen LogP contribution is -2.40. The molecule has 3 rings (SSSR count). The third-order valence-corrected chi connectivity index (χ3v) is 4.37. The van der Waals surface area contributed by atoms with Crippen LogP contribution < -0.4 is 10.2 Å². The number of anilines is 1. The van der Waals surface area contributed by atoms with Gasteiger partial charge in [-0.05, 0) is 20.2 Å². The number of rotatable bonds is 6. The molecule has 0 aliphatic carbocycles. The van der Waals surface area contributed by atoms with Crippen molar-refractivity contribution in [3.63, 3.8) is 0 Å². The lowest BCUT2D eigenvalue weighted by Gasteiger charge is -2.27. The molecule has 8 nitrogen and oxygen atoms in total. The molecule has 2 aliphatic heterocycles. The van der Waals surface area contributed by atoms with Gasteiger partial charge in [0.1, 0.15) is 18.1 Å². The number of amides is 2. The van der Waals surface area contributed by atoms with E-state index in [9.17, 15) is 9.59 Å². The standard InChI is InChI=1S/C17H25N5O3/c1-20(2)6-5-18-15(23)12-22-11-13-3-4-14(19-16(13)17(22)24)21-7-9-25-10-8-21/h3-4H,5-12H2,1-2H3,(H,18,23). The van der Waals surface area contributed by atoms with Gasteiger partial charge in [-0.2, -0.15) is 0 Å². The van der Waals surface area contributed by atoms with Crippen LogP contribution in [-0.2, 0) is 16.1 Å². The van der Waals surface area contributed by atoms with Crippen LogP contribution in [-0.4, -0.2) is 86.6 Å². The van der Waals surface area contributed by atoms with E-state index < -0.39 is 0 Å². The third kappa shape index (κ3) is 4.26. The topological polar surface area (TPSA) is 78.0 Å². The Morgan fingerprint density at radius 2 is 2.08 bits per heavy atom. The number of aromatic nitrogens is 1. The van der Waals surface area contributed by atoms with Gasteiger partial charge in [-0.15, -0.1) is 0 Å². The summed E-state index contributed by atoms with van der Waals surface area (Å²) in [5.41, 5.74) is 1.34. The van der Waals surface area contributed by atoms with Gasteiger partial charge >= 0.3 is 0 Å². The molecule has 2 amide bonds. The third-order valence-electron chi connectivity index (χ3n) is 4.37. The van der Waals surface area contributed by atoms with Crippen LogP contribution in [0.25, 0.3) is 0 Å². The predicted octanol–water partition coefficient (Wildman–Crippen LogP) is -0.448. The Kier molecular flexibility index (Phi) is 5.50. The highest BCUT2D eigenvalue weighted by Crippen LogP contribution is 2.24. The van der Waals surface area contributed by atoms with Crippen LogP contribution in [0.2, 0.25) is 0 Å². The first-order valence-electron chi connectivity index (χ1n) is 8.58. The second-order valence-electron chi connectivity index (χ2n) is 6.59. The minimum atomic E-state index is -0.173. The normalized spacial score (nSPS) is 17.2. The molecule has 0 aromatic carbocycles. The Hall–Kier alpha value is -2.19. The van der Waals surface area contributed by atoms with Gasteiger partial charge in [0.15, 0.2) is 0 Å². The van der Waals surface area contributed by atoms with Crippen molar-refractivity contribution < 1.29 is 14.3 Å². The molecule has 1 aromatic heterocycles. The number of nitrogens with zero attached hydrogens (tertiary/aromatic N) is 4. The Labute approximate surface area is 147 Å². The summed E-state index contributed by atoms with van der Waals surface area (Å²) in [6.45, 7) is 4.74. The number of ether oxygens (including phenoxy) is 1. The quantitative estimate of drug-likeness (QED) is 0.751. The maximum Gasteiger partial charge on any atom is 0.273 e. The van der Waals surface area contributed by atoms with Gasteiger partial charge in [-0.1, -0.05) is 6.07 Å². The molecule has 1 aromatic rings. The minimum Gasteiger partial charge on any atom is -0.378 e. The fourth-order valence-electron chi connectivity index (χ4n) is 2.96. The monoisotopic (exact) mass is 347 g/mol. The summed E-state index contributed by atoms with van der Waals surface area (Å²) in [7, 11) is 3.90. The maximum absolute atomic E-state index is 12.6. The fraction of sp³-hybridized carbons (Fsp3) is 0.588. The molecule has 1 fully saturated rings. The van der Waals surface area contributed by atoms with E-state index in [-0.39, 0.29) is 18.4 Å². The molecule has 0 unspecified atom stereocenters. The molecule has 0 spiro atoms. The number of nitrogens with one attached hydrogen (secondary N) is 1. The average molecular weight is 347 g/mol. The molecule has 25 heavy (non-hydrogen) atoms. The SMILES string of the molecule is CN(C)CCNC(=O)CN1Cc2ccc(N3CCOCC3)nc2C1=O. The molecule has 0 radical (unpaired) electrons. The number of hydrogen-bond donors (Lipinski definition) is 1. The van der Waals surface area contributed by atoms with Crippen LogP contribution in [0.3, 0.4) is 0 Å². The van der Waals surface area contributed by atoms with Crippen LogP contribution in [0.5, 0.6) is 0 Å². The number of morpholine rings is 1. The average Bonchev–Trinajstić information content (AvgIpc) is 2.91. The largest absolute Gasteiger partial charge is 0.378 e. The molecule has 0 saturated carbocycles. The molecule has 8 heteroatoms. The molecule has 0 atom stereocenters. The van der Waals surface area contributed by atoms with Crippen molar-refractivity contribution in [2.45, 2.75) is 6.54 Å². The summed E-state index contributed by atoms with van der Waals surface area (Å²) in [5, 5.41) is 2.83. The van der Waals surface area contributed by atoms with Crippen LogP contribution in [0, 0.1) is 0 Å². The highest BCUT2D eigenvalue weighted by molar-refractivity contribution is 5.98. The van der Waals surface area contributed by atoms with Crippen molar-refractivity contribution in [3.05, 3.63) is 23.4 Å². The number of hydrogen-bond acceptors (Lipinski definition) is 6. The van der Waals surface area contributed by atoms with E-state index in [2.05, 4.69) is 15.2 Å². The summed E-state index contributed by atoms with van der Waals surface area (Å²) in [6, 6.07) is 3.88. The lowest BCUT2D eigenvalue weighted by molar-refractivity contribution is -0.121. The first-order chi connectivity index (χ1) is 12.0. The number of carbonyl (C=O) groups excluding carboxylic acids is 2. The number of carbonyl (C=O) groups is 2. The Balaban J connectivity index is 1.60. The van der Waals surface area contributed by atoms with E-state index in [1.165, 1.54) is 0 Å². The van der Waals surface area contributed by atoms with E-state index in [1.807, 2.05) is 31.1 Å². The molecule has 2 aliphatic rings. The van der Waals surface area contributed by atoms with Crippen molar-refractivity contribution >= 4 is 17.6 Å². The Morgan fingerprint density at radius 1 is 1.32 bits per heavy atom. The molecular formula is C17H25N5O3. The van der Waals surface area contributed by atoms with E-state index in [0.717, 1.165) is 31.0 Å². The van der Waals surface area contributed by atoms with Crippen molar-refractivity contribution in [3.8, 4) is 0 Å². The Morgan fingerprint density at radius 3 is 2.80 bits per heavy atom.